The largest absolute Gasteiger partial charge is 0.354 e. The van der Waals surface area contributed by atoms with Gasteiger partial charge in [0.2, 0.25) is 15.9 Å². The minimum atomic E-state index is -3.40. The van der Waals surface area contributed by atoms with Crippen LogP contribution in [-0.2, 0) is 27.7 Å². The maximum atomic E-state index is 13.0. The number of halogens is 1. The van der Waals surface area contributed by atoms with Crippen molar-refractivity contribution in [3.8, 4) is 0 Å². The van der Waals surface area contributed by atoms with Gasteiger partial charge in [-0.2, -0.15) is 0 Å². The zero-order chi connectivity index (χ0) is 19.9. The Labute approximate surface area is 160 Å². The van der Waals surface area contributed by atoms with Crippen LogP contribution in [0.4, 0.5) is 4.39 Å². The predicted molar refractivity (Wildman–Crippen MR) is 104 cm³/mol. The summed E-state index contributed by atoms with van der Waals surface area (Å²) >= 11 is 0. The number of nitrogens with zero attached hydrogens (tertiary/aromatic N) is 1. The lowest BCUT2D eigenvalue weighted by atomic mass is 10.1. The van der Waals surface area contributed by atoms with E-state index in [0.29, 0.717) is 6.42 Å². The summed E-state index contributed by atoms with van der Waals surface area (Å²) in [6, 6.07) is 13.6. The monoisotopic (exact) mass is 392 g/mol. The average molecular weight is 392 g/mol. The molecule has 27 heavy (non-hydrogen) atoms. The molecule has 146 valence electrons. The molecule has 2 aromatic rings. The molecule has 0 aliphatic carbocycles. The molecule has 0 radical (unpaired) electrons. The number of sulfonamides is 1. The summed E-state index contributed by atoms with van der Waals surface area (Å²) in [6.07, 6.45) is 1.89. The molecule has 0 bridgehead atoms. The molecule has 1 N–H and O–H groups in total. The molecule has 2 aromatic carbocycles. The third kappa shape index (κ3) is 7.11. The van der Waals surface area contributed by atoms with Crippen LogP contribution in [0.25, 0.3) is 0 Å². The number of hydrogen-bond acceptors (Lipinski definition) is 3. The Morgan fingerprint density at radius 3 is 2.37 bits per heavy atom. The van der Waals surface area contributed by atoms with Crippen molar-refractivity contribution < 1.29 is 17.6 Å². The van der Waals surface area contributed by atoms with E-state index >= 15 is 0 Å². The first-order chi connectivity index (χ1) is 12.8. The Kier molecular flexibility index (Phi) is 7.50. The molecule has 0 fully saturated rings. The fourth-order valence-corrected chi connectivity index (χ4v) is 3.56. The summed E-state index contributed by atoms with van der Waals surface area (Å²) in [6.45, 7) is 2.66. The molecule has 0 atom stereocenters. The van der Waals surface area contributed by atoms with Gasteiger partial charge in [0.05, 0.1) is 12.7 Å². The lowest BCUT2D eigenvalue weighted by molar-refractivity contribution is -0.120. The topological polar surface area (TPSA) is 66.5 Å². The molecule has 0 unspecified atom stereocenters. The fraction of sp³-hybridized carbons (Fsp3) is 0.350. The highest BCUT2D eigenvalue weighted by molar-refractivity contribution is 7.88. The molecule has 2 rings (SSSR count). The van der Waals surface area contributed by atoms with E-state index in [1.807, 2.05) is 31.2 Å². The van der Waals surface area contributed by atoms with Crippen molar-refractivity contribution in [3.05, 3.63) is 71.0 Å². The summed E-state index contributed by atoms with van der Waals surface area (Å²) in [7, 11) is -3.40. The molecule has 0 saturated heterocycles. The second-order valence-corrected chi connectivity index (χ2v) is 8.47. The maximum absolute atomic E-state index is 13.0. The highest BCUT2D eigenvalue weighted by Gasteiger charge is 2.16. The van der Waals surface area contributed by atoms with Crippen molar-refractivity contribution in [2.24, 2.45) is 0 Å². The smallest absolute Gasteiger partial charge is 0.224 e. The summed E-state index contributed by atoms with van der Waals surface area (Å²) < 4.78 is 38.2. The van der Waals surface area contributed by atoms with Crippen LogP contribution in [0, 0.1) is 12.7 Å². The molecule has 0 aliphatic rings. The SMILES string of the molecule is Cc1ccccc1CC(=O)NCCN(CCc1ccc(F)cc1)S(C)(=O)=O. The lowest BCUT2D eigenvalue weighted by Gasteiger charge is -2.20. The van der Waals surface area contributed by atoms with Gasteiger partial charge in [0.25, 0.3) is 0 Å². The molecule has 0 aliphatic heterocycles. The normalized spacial score (nSPS) is 11.6. The Bertz CT molecular complexity index is 867. The Morgan fingerprint density at radius 1 is 1.07 bits per heavy atom. The predicted octanol–water partition coefficient (Wildman–Crippen LogP) is 2.30. The van der Waals surface area contributed by atoms with Gasteiger partial charge in [0, 0.05) is 19.6 Å². The van der Waals surface area contributed by atoms with Crippen molar-refractivity contribution in [2.45, 2.75) is 19.8 Å². The number of hydrogen-bond donors (Lipinski definition) is 1. The number of benzene rings is 2. The van der Waals surface area contributed by atoms with Crippen molar-refractivity contribution in [2.75, 3.05) is 25.9 Å². The van der Waals surface area contributed by atoms with Gasteiger partial charge in [-0.25, -0.2) is 17.1 Å². The third-order valence-corrected chi connectivity index (χ3v) is 5.63. The molecule has 5 nitrogen and oxygen atoms in total. The number of nitrogens with one attached hydrogen (secondary N) is 1. The van der Waals surface area contributed by atoms with Gasteiger partial charge < -0.3 is 5.32 Å². The van der Waals surface area contributed by atoms with Crippen LogP contribution in [0.2, 0.25) is 0 Å². The number of aryl methyl sites for hydroxylation is 1. The van der Waals surface area contributed by atoms with Gasteiger partial charge in [-0.05, 0) is 42.2 Å². The Balaban J connectivity index is 1.84. The van der Waals surface area contributed by atoms with Crippen molar-refractivity contribution in [1.29, 1.82) is 0 Å². The number of carbonyl (C=O) groups is 1. The van der Waals surface area contributed by atoms with Gasteiger partial charge in [-0.15, -0.1) is 0 Å². The van der Waals surface area contributed by atoms with E-state index in [4.69, 9.17) is 0 Å². The van der Waals surface area contributed by atoms with E-state index in [-0.39, 0.29) is 37.8 Å². The molecular formula is C20H25FN2O3S. The zero-order valence-corrected chi connectivity index (χ0v) is 16.4. The van der Waals surface area contributed by atoms with Crippen LogP contribution in [0.15, 0.2) is 48.5 Å². The van der Waals surface area contributed by atoms with Gasteiger partial charge in [0.1, 0.15) is 5.82 Å². The van der Waals surface area contributed by atoms with E-state index in [0.717, 1.165) is 22.9 Å². The van der Waals surface area contributed by atoms with Crippen LogP contribution in [0.5, 0.6) is 0 Å². The van der Waals surface area contributed by atoms with E-state index in [1.54, 1.807) is 12.1 Å². The quantitative estimate of drug-likeness (QED) is 0.712. The summed E-state index contributed by atoms with van der Waals surface area (Å²) in [5.41, 5.74) is 2.85. The van der Waals surface area contributed by atoms with Crippen LogP contribution in [-0.4, -0.2) is 44.5 Å². The maximum Gasteiger partial charge on any atom is 0.224 e. The standard InChI is InChI=1S/C20H25FN2O3S/c1-16-5-3-4-6-18(16)15-20(24)22-12-14-23(27(2,25)26)13-11-17-7-9-19(21)10-8-17/h3-10H,11-15H2,1-2H3,(H,22,24). The van der Waals surface area contributed by atoms with Gasteiger partial charge in [-0.3, -0.25) is 4.79 Å². The minimum absolute atomic E-state index is 0.142. The number of amides is 1. The van der Waals surface area contributed by atoms with Gasteiger partial charge >= 0.3 is 0 Å². The van der Waals surface area contributed by atoms with Gasteiger partial charge in [-0.1, -0.05) is 36.4 Å². The first-order valence-electron chi connectivity index (χ1n) is 8.76. The second-order valence-electron chi connectivity index (χ2n) is 6.49. The second kappa shape index (κ2) is 9.62. The summed E-state index contributed by atoms with van der Waals surface area (Å²) in [4.78, 5) is 12.1. The Morgan fingerprint density at radius 2 is 1.74 bits per heavy atom. The molecule has 7 heteroatoms. The fourth-order valence-electron chi connectivity index (χ4n) is 2.71. The van der Waals surface area contributed by atoms with Gasteiger partial charge in [0.15, 0.2) is 0 Å². The molecule has 1 amide bonds. The number of carbonyl (C=O) groups excluding carboxylic acids is 1. The minimum Gasteiger partial charge on any atom is -0.354 e. The lowest BCUT2D eigenvalue weighted by Crippen LogP contribution is -2.39. The highest BCUT2D eigenvalue weighted by atomic mass is 32.2. The third-order valence-electron chi connectivity index (χ3n) is 4.33. The van der Waals surface area contributed by atoms with E-state index in [2.05, 4.69) is 5.32 Å². The molecule has 0 saturated carbocycles. The van der Waals surface area contributed by atoms with E-state index in [1.165, 1.54) is 16.4 Å². The zero-order valence-electron chi connectivity index (χ0n) is 15.6. The van der Waals surface area contributed by atoms with E-state index in [9.17, 15) is 17.6 Å². The van der Waals surface area contributed by atoms with E-state index < -0.39 is 10.0 Å². The average Bonchev–Trinajstić information content (AvgIpc) is 2.60. The van der Waals surface area contributed by atoms with Crippen LogP contribution in [0.1, 0.15) is 16.7 Å². The van der Waals surface area contributed by atoms with Crippen LogP contribution < -0.4 is 5.32 Å². The molecule has 0 aromatic heterocycles. The Hall–Kier alpha value is -2.25. The first-order valence-corrected chi connectivity index (χ1v) is 10.6. The van der Waals surface area contributed by atoms with Crippen molar-refractivity contribution >= 4 is 15.9 Å². The van der Waals surface area contributed by atoms with Crippen molar-refractivity contribution in [1.82, 2.24) is 9.62 Å². The highest BCUT2D eigenvalue weighted by Crippen LogP contribution is 2.08. The first kappa shape index (κ1) is 21.1. The summed E-state index contributed by atoms with van der Waals surface area (Å²) in [5, 5.41) is 2.77. The molecule has 0 heterocycles. The van der Waals surface area contributed by atoms with Crippen LogP contribution >= 0.6 is 0 Å². The number of rotatable bonds is 9. The van der Waals surface area contributed by atoms with Crippen molar-refractivity contribution in [3.63, 3.8) is 0 Å². The molecular weight excluding hydrogens is 367 g/mol. The summed E-state index contributed by atoms with van der Waals surface area (Å²) in [5.74, 6) is -0.466. The van der Waals surface area contributed by atoms with Crippen LogP contribution in [0.3, 0.4) is 0 Å². The molecule has 0 spiro atoms.